The molecule has 3 aliphatic carbocycles. The van der Waals surface area contributed by atoms with E-state index in [9.17, 15) is 5.11 Å². The van der Waals surface area contributed by atoms with E-state index in [1.54, 1.807) is 7.11 Å². The fourth-order valence-corrected chi connectivity index (χ4v) is 9.05. The van der Waals surface area contributed by atoms with Gasteiger partial charge in [-0.1, -0.05) is 26.0 Å². The first-order valence-electron chi connectivity index (χ1n) is 15.4. The molecule has 2 aromatic carbocycles. The van der Waals surface area contributed by atoms with Gasteiger partial charge >= 0.3 is 0 Å². The number of phenolic OH excluding ortho intramolecular Hbond substituents is 1. The zero-order valence-electron chi connectivity index (χ0n) is 24.5. The smallest absolute Gasteiger partial charge is 0.161 e. The maximum atomic E-state index is 10.1. The molecule has 0 spiro atoms. The van der Waals surface area contributed by atoms with Crippen molar-refractivity contribution in [2.75, 3.05) is 46.9 Å². The number of hydrogen-bond acceptors (Lipinski definition) is 5. The molecular weight excluding hydrogens is 484 g/mol. The van der Waals surface area contributed by atoms with Crippen LogP contribution in [0.4, 0.5) is 0 Å². The normalized spacial score (nSPS) is 32.8. The van der Waals surface area contributed by atoms with Gasteiger partial charge in [-0.2, -0.15) is 0 Å². The van der Waals surface area contributed by atoms with Crippen LogP contribution in [0.2, 0.25) is 0 Å². The van der Waals surface area contributed by atoms with Gasteiger partial charge in [0.05, 0.1) is 13.7 Å². The summed E-state index contributed by atoms with van der Waals surface area (Å²) in [6.45, 7) is 11.3. The average molecular weight is 533 g/mol. The summed E-state index contributed by atoms with van der Waals surface area (Å²) in [6, 6.07) is 12.7. The molecule has 0 aromatic heterocycles. The average Bonchev–Trinajstić information content (AvgIpc) is 3.26. The van der Waals surface area contributed by atoms with Gasteiger partial charge in [0, 0.05) is 32.7 Å². The summed E-state index contributed by atoms with van der Waals surface area (Å²) >= 11 is 0. The minimum Gasteiger partial charge on any atom is -0.508 e. The SMILES string of the molecule is COc1cc(CN2CCN(C)CC2)ccc1OCC[C@H]1CC[C@H]2[C@@H]3[C@H](C)Cc4cc(O)ccc4[C@H]3CC[C@]12C. The Morgan fingerprint density at radius 1 is 1.00 bits per heavy atom. The highest BCUT2D eigenvalue weighted by molar-refractivity contribution is 5.43. The van der Waals surface area contributed by atoms with Gasteiger partial charge in [0.15, 0.2) is 11.5 Å². The van der Waals surface area contributed by atoms with Crippen molar-refractivity contribution >= 4 is 0 Å². The largest absolute Gasteiger partial charge is 0.508 e. The molecule has 1 heterocycles. The van der Waals surface area contributed by atoms with Crippen molar-refractivity contribution in [1.29, 1.82) is 0 Å². The van der Waals surface area contributed by atoms with E-state index in [0.717, 1.165) is 81.4 Å². The third-order valence-electron chi connectivity index (χ3n) is 11.2. The number of fused-ring (bicyclic) bond motifs is 5. The molecule has 2 aromatic rings. The fourth-order valence-electron chi connectivity index (χ4n) is 9.05. The van der Waals surface area contributed by atoms with Gasteiger partial charge in [0.25, 0.3) is 0 Å². The first-order chi connectivity index (χ1) is 18.9. The Kier molecular flexibility index (Phi) is 7.58. The van der Waals surface area contributed by atoms with Gasteiger partial charge < -0.3 is 19.5 Å². The van der Waals surface area contributed by atoms with Crippen LogP contribution in [0.3, 0.4) is 0 Å². The lowest BCUT2D eigenvalue weighted by Crippen LogP contribution is -2.45. The van der Waals surface area contributed by atoms with E-state index in [1.807, 2.05) is 12.1 Å². The van der Waals surface area contributed by atoms with Crippen LogP contribution >= 0.6 is 0 Å². The first kappa shape index (κ1) is 27.0. The third-order valence-corrected chi connectivity index (χ3v) is 11.2. The van der Waals surface area contributed by atoms with Gasteiger partial charge in [0.2, 0.25) is 0 Å². The molecule has 0 amide bonds. The van der Waals surface area contributed by atoms with Gasteiger partial charge in [-0.3, -0.25) is 4.90 Å². The standard InChI is InChI=1S/C34H48N2O3/c1-23-19-25-21-27(37)7-8-28(25)29-11-13-34(2)26(6-9-30(34)33(23)29)12-18-39-31-10-5-24(20-32(31)38-4)22-36-16-14-35(3)15-17-36/h5,7-8,10,20-21,23,26,29-30,33,37H,6,9,11-19,22H2,1-4H3/t23-,26-,29-,30+,33-,34-/m1/s1. The molecule has 39 heavy (non-hydrogen) atoms. The van der Waals surface area contributed by atoms with Crippen molar-refractivity contribution in [3.63, 3.8) is 0 Å². The summed E-state index contributed by atoms with van der Waals surface area (Å²) < 4.78 is 12.2. The van der Waals surface area contributed by atoms with Crippen molar-refractivity contribution in [3.05, 3.63) is 53.1 Å². The number of phenols is 1. The van der Waals surface area contributed by atoms with Crippen molar-refractivity contribution in [3.8, 4) is 17.2 Å². The molecule has 0 radical (unpaired) electrons. The van der Waals surface area contributed by atoms with Crippen LogP contribution in [-0.2, 0) is 13.0 Å². The lowest BCUT2D eigenvalue weighted by atomic mass is 9.51. The molecule has 1 N–H and O–H groups in total. The molecule has 212 valence electrons. The van der Waals surface area contributed by atoms with E-state index in [2.05, 4.69) is 55.0 Å². The van der Waals surface area contributed by atoms with E-state index in [4.69, 9.17) is 9.47 Å². The van der Waals surface area contributed by atoms with E-state index < -0.39 is 0 Å². The molecule has 5 heteroatoms. The van der Waals surface area contributed by atoms with Gasteiger partial charge in [-0.15, -0.1) is 0 Å². The zero-order chi connectivity index (χ0) is 27.1. The van der Waals surface area contributed by atoms with Crippen LogP contribution in [0, 0.1) is 29.1 Å². The van der Waals surface area contributed by atoms with Crippen LogP contribution in [0.5, 0.6) is 17.2 Å². The summed E-state index contributed by atoms with van der Waals surface area (Å²) in [5.41, 5.74) is 4.61. The molecule has 0 bridgehead atoms. The molecule has 3 fully saturated rings. The molecule has 6 rings (SSSR count). The predicted octanol–water partition coefficient (Wildman–Crippen LogP) is 6.34. The molecule has 6 atom stereocenters. The number of benzene rings is 2. The van der Waals surface area contributed by atoms with E-state index in [-0.39, 0.29) is 0 Å². The Morgan fingerprint density at radius 2 is 1.82 bits per heavy atom. The number of piperazine rings is 1. The van der Waals surface area contributed by atoms with Crippen molar-refractivity contribution in [2.45, 2.75) is 64.8 Å². The maximum absolute atomic E-state index is 10.1. The highest BCUT2D eigenvalue weighted by atomic mass is 16.5. The molecule has 4 aliphatic rings. The van der Waals surface area contributed by atoms with Gasteiger partial charge in [0.1, 0.15) is 5.75 Å². The van der Waals surface area contributed by atoms with Crippen LogP contribution < -0.4 is 9.47 Å². The number of hydrogen-bond donors (Lipinski definition) is 1. The summed E-state index contributed by atoms with van der Waals surface area (Å²) in [4.78, 5) is 4.92. The minimum absolute atomic E-state index is 0.406. The second-order valence-electron chi connectivity index (χ2n) is 13.4. The fraction of sp³-hybridized carbons (Fsp3) is 0.647. The number of methoxy groups -OCH3 is 1. The Labute approximate surface area is 235 Å². The zero-order valence-corrected chi connectivity index (χ0v) is 24.5. The topological polar surface area (TPSA) is 45.2 Å². The Hall–Kier alpha value is -2.24. The number of rotatable bonds is 7. The Balaban J connectivity index is 1.08. The van der Waals surface area contributed by atoms with Gasteiger partial charge in [-0.25, -0.2) is 0 Å². The molecule has 0 unspecified atom stereocenters. The monoisotopic (exact) mass is 532 g/mol. The maximum Gasteiger partial charge on any atom is 0.161 e. The van der Waals surface area contributed by atoms with Gasteiger partial charge in [-0.05, 0) is 122 Å². The summed E-state index contributed by atoms with van der Waals surface area (Å²) in [5, 5.41) is 10.1. The highest BCUT2D eigenvalue weighted by Gasteiger charge is 2.55. The number of ether oxygens (including phenoxy) is 2. The molecule has 1 aliphatic heterocycles. The number of likely N-dealkylation sites (N-methyl/N-ethyl adjacent to an activating group) is 1. The predicted molar refractivity (Wildman–Crippen MR) is 157 cm³/mol. The molecule has 5 nitrogen and oxygen atoms in total. The van der Waals surface area contributed by atoms with E-state index in [1.165, 1.54) is 42.4 Å². The van der Waals surface area contributed by atoms with Crippen LogP contribution in [-0.4, -0.2) is 61.8 Å². The summed E-state index contributed by atoms with van der Waals surface area (Å²) in [7, 11) is 3.96. The van der Waals surface area contributed by atoms with Crippen molar-refractivity contribution in [2.24, 2.45) is 29.1 Å². The quantitative estimate of drug-likeness (QED) is 0.451. The minimum atomic E-state index is 0.406. The van der Waals surface area contributed by atoms with E-state index >= 15 is 0 Å². The summed E-state index contributed by atoms with van der Waals surface area (Å²) in [6.07, 6.45) is 7.49. The second-order valence-corrected chi connectivity index (χ2v) is 13.4. The highest BCUT2D eigenvalue weighted by Crippen LogP contribution is 2.64. The number of nitrogens with zero attached hydrogens (tertiary/aromatic N) is 2. The Morgan fingerprint density at radius 3 is 2.62 bits per heavy atom. The second kappa shape index (κ2) is 11.0. The van der Waals surface area contributed by atoms with Crippen molar-refractivity contribution in [1.82, 2.24) is 9.80 Å². The lowest BCUT2D eigenvalue weighted by Gasteiger charge is -2.53. The third kappa shape index (κ3) is 5.17. The number of aromatic hydroxyl groups is 1. The lowest BCUT2D eigenvalue weighted by molar-refractivity contribution is 0.000861. The van der Waals surface area contributed by atoms with Crippen LogP contribution in [0.25, 0.3) is 0 Å². The van der Waals surface area contributed by atoms with E-state index in [0.29, 0.717) is 23.0 Å². The Bertz CT molecular complexity index is 1160. The molecule has 1 saturated heterocycles. The molecular formula is C34H48N2O3. The van der Waals surface area contributed by atoms with Crippen molar-refractivity contribution < 1.29 is 14.6 Å². The van der Waals surface area contributed by atoms with Crippen LogP contribution in [0.1, 0.15) is 68.6 Å². The van der Waals surface area contributed by atoms with Crippen LogP contribution in [0.15, 0.2) is 36.4 Å². The first-order valence-corrected chi connectivity index (χ1v) is 15.4. The summed E-state index contributed by atoms with van der Waals surface area (Å²) in [5.74, 6) is 5.77. The molecule has 2 saturated carbocycles.